The minimum atomic E-state index is -1.46. The minimum Gasteiger partial charge on any atom is -0.389 e. The summed E-state index contributed by atoms with van der Waals surface area (Å²) in [4.78, 5) is 0. The lowest BCUT2D eigenvalue weighted by Crippen LogP contribution is -2.48. The molecule has 0 aliphatic carbocycles. The van der Waals surface area contributed by atoms with Crippen molar-refractivity contribution in [2.24, 2.45) is 0 Å². The third kappa shape index (κ3) is 1.58. The van der Waals surface area contributed by atoms with Gasteiger partial charge in [-0.15, -0.1) is 0 Å². The summed E-state index contributed by atoms with van der Waals surface area (Å²) in [5.74, 6) is 0. The van der Waals surface area contributed by atoms with E-state index in [4.69, 9.17) is 10.2 Å². The number of hydrogen-bond donors (Lipinski definition) is 2. The monoisotopic (exact) mass is 262 g/mol. The van der Waals surface area contributed by atoms with Gasteiger partial charge in [-0.05, 0) is 0 Å². The van der Waals surface area contributed by atoms with E-state index in [1.807, 2.05) is 0 Å². The number of halogens is 2. The number of aliphatic hydroxyl groups is 2. The van der Waals surface area contributed by atoms with E-state index in [2.05, 4.69) is 4.74 Å². The van der Waals surface area contributed by atoms with Gasteiger partial charge < -0.3 is 14.9 Å². The summed E-state index contributed by atoms with van der Waals surface area (Å²) in [5.41, 5.74) is 0. The van der Waals surface area contributed by atoms with E-state index in [0.717, 1.165) is 0 Å². The molecule has 4 atom stereocenters. The molecule has 0 bridgehead atoms. The highest BCUT2D eigenvalue weighted by Gasteiger charge is 2.36. The first-order valence-electron chi connectivity index (χ1n) is 2.89. The number of ether oxygens (including phenoxy) is 1. The van der Waals surface area contributed by atoms with Crippen LogP contribution in [0.25, 0.3) is 0 Å². The summed E-state index contributed by atoms with van der Waals surface area (Å²) in [5, 5.41) is 18.0. The van der Waals surface area contributed by atoms with E-state index in [9.17, 15) is 4.39 Å². The Morgan fingerprint density at radius 1 is 1.50 bits per heavy atom. The van der Waals surface area contributed by atoms with Crippen LogP contribution in [0.2, 0.25) is 0 Å². The molecule has 0 aromatic carbocycles. The van der Waals surface area contributed by atoms with Crippen LogP contribution in [0.15, 0.2) is 0 Å². The lowest BCUT2D eigenvalue weighted by atomic mass is 10.1. The Balaban J connectivity index is 2.52. The largest absolute Gasteiger partial charge is 0.389 e. The van der Waals surface area contributed by atoms with Crippen LogP contribution in [0.3, 0.4) is 0 Å². The van der Waals surface area contributed by atoms with Gasteiger partial charge in [0.1, 0.15) is 6.10 Å². The first-order chi connectivity index (χ1) is 4.63. The third-order valence-electron chi connectivity index (χ3n) is 1.40. The van der Waals surface area contributed by atoms with E-state index in [1.54, 1.807) is 22.6 Å². The van der Waals surface area contributed by atoms with Crippen LogP contribution in [-0.4, -0.2) is 39.3 Å². The molecular formula is C5H8FIO3. The van der Waals surface area contributed by atoms with Crippen molar-refractivity contribution in [1.82, 2.24) is 0 Å². The average molecular weight is 262 g/mol. The molecule has 1 fully saturated rings. The average Bonchev–Trinajstić information content (AvgIpc) is 1.93. The number of hydrogen-bond acceptors (Lipinski definition) is 3. The maximum Gasteiger partial charge on any atom is 0.213 e. The normalized spacial score (nSPS) is 49.2. The second-order valence-electron chi connectivity index (χ2n) is 2.19. The Kier molecular flexibility index (Phi) is 2.84. The van der Waals surface area contributed by atoms with Crippen molar-refractivity contribution in [1.29, 1.82) is 0 Å². The Bertz CT molecular complexity index is 109. The van der Waals surface area contributed by atoms with Crippen LogP contribution in [0, 0.1) is 0 Å². The predicted molar refractivity (Wildman–Crippen MR) is 40.7 cm³/mol. The zero-order valence-electron chi connectivity index (χ0n) is 5.08. The smallest absolute Gasteiger partial charge is 0.213 e. The summed E-state index contributed by atoms with van der Waals surface area (Å²) < 4.78 is 16.3. The Morgan fingerprint density at radius 2 is 2.10 bits per heavy atom. The highest BCUT2D eigenvalue weighted by Crippen LogP contribution is 2.23. The van der Waals surface area contributed by atoms with Crippen molar-refractivity contribution in [3.8, 4) is 0 Å². The van der Waals surface area contributed by atoms with E-state index in [1.165, 1.54) is 0 Å². The molecule has 2 N–H and O–H groups in total. The van der Waals surface area contributed by atoms with Gasteiger partial charge in [0.15, 0.2) is 0 Å². The van der Waals surface area contributed by atoms with Gasteiger partial charge in [0.2, 0.25) is 6.36 Å². The Labute approximate surface area is 71.3 Å². The molecule has 0 spiro atoms. The van der Waals surface area contributed by atoms with E-state index >= 15 is 0 Å². The lowest BCUT2D eigenvalue weighted by molar-refractivity contribution is -0.152. The highest BCUT2D eigenvalue weighted by atomic mass is 127. The van der Waals surface area contributed by atoms with E-state index in [-0.39, 0.29) is 6.61 Å². The molecule has 1 unspecified atom stereocenters. The third-order valence-corrected chi connectivity index (χ3v) is 2.70. The van der Waals surface area contributed by atoms with Crippen molar-refractivity contribution >= 4 is 22.6 Å². The molecule has 10 heavy (non-hydrogen) atoms. The van der Waals surface area contributed by atoms with Crippen molar-refractivity contribution in [3.63, 3.8) is 0 Å². The highest BCUT2D eigenvalue weighted by molar-refractivity contribution is 14.1. The summed E-state index contributed by atoms with van der Waals surface area (Å²) in [6.45, 7) is -0.123. The summed E-state index contributed by atoms with van der Waals surface area (Å²) in [6.07, 6.45) is -3.42. The first-order valence-corrected chi connectivity index (χ1v) is 4.13. The molecule has 1 aliphatic rings. The fraction of sp³-hybridized carbons (Fsp3) is 1.00. The maximum atomic E-state index is 12.5. The molecule has 60 valence electrons. The molecule has 5 heteroatoms. The van der Waals surface area contributed by atoms with Crippen molar-refractivity contribution < 1.29 is 19.3 Å². The van der Waals surface area contributed by atoms with Crippen molar-refractivity contribution in [2.45, 2.75) is 22.5 Å². The molecule has 1 rings (SSSR count). The molecule has 1 aliphatic heterocycles. The molecule has 1 saturated heterocycles. The Hall–Kier alpha value is 0.540. The molecule has 0 aromatic heterocycles. The Morgan fingerprint density at radius 3 is 2.60 bits per heavy atom. The van der Waals surface area contributed by atoms with Crippen molar-refractivity contribution in [2.75, 3.05) is 6.61 Å². The minimum absolute atomic E-state index is 0.123. The van der Waals surface area contributed by atoms with Crippen LogP contribution in [0.4, 0.5) is 4.39 Å². The number of rotatable bonds is 0. The maximum absolute atomic E-state index is 12.5. The zero-order chi connectivity index (χ0) is 7.72. The summed E-state index contributed by atoms with van der Waals surface area (Å²) in [6, 6.07) is 0. The quantitative estimate of drug-likeness (QED) is 0.471. The summed E-state index contributed by atoms with van der Waals surface area (Å²) in [7, 11) is 0. The van der Waals surface area contributed by atoms with E-state index < -0.39 is 22.5 Å². The van der Waals surface area contributed by atoms with E-state index in [0.29, 0.717) is 0 Å². The second-order valence-corrected chi connectivity index (χ2v) is 3.63. The molecule has 0 saturated carbocycles. The van der Waals surface area contributed by atoms with Gasteiger partial charge in [0.25, 0.3) is 0 Å². The molecule has 0 radical (unpaired) electrons. The first kappa shape index (κ1) is 8.63. The standard InChI is InChI=1S/C5H8FIO3/c6-5-3(7)4(9)2(8)1-10-5/h2-5,8-9H,1H2/t2-,3+,4+,5?/m1/s1. The fourth-order valence-corrected chi connectivity index (χ4v) is 1.44. The predicted octanol–water partition coefficient (Wildman–Crippen LogP) is -0.162. The number of aliphatic hydroxyl groups excluding tert-OH is 2. The topological polar surface area (TPSA) is 49.7 Å². The molecule has 0 aromatic rings. The van der Waals surface area contributed by atoms with Gasteiger partial charge in [-0.2, -0.15) is 0 Å². The van der Waals surface area contributed by atoms with Crippen molar-refractivity contribution in [3.05, 3.63) is 0 Å². The molecule has 0 amide bonds. The van der Waals surface area contributed by atoms with Gasteiger partial charge in [-0.3, -0.25) is 0 Å². The fourth-order valence-electron chi connectivity index (χ4n) is 0.748. The molecular weight excluding hydrogens is 254 g/mol. The van der Waals surface area contributed by atoms with Gasteiger partial charge in [-0.1, -0.05) is 22.6 Å². The lowest BCUT2D eigenvalue weighted by Gasteiger charge is -2.30. The number of alkyl halides is 2. The molecule has 1 heterocycles. The molecule has 3 nitrogen and oxygen atoms in total. The zero-order valence-corrected chi connectivity index (χ0v) is 7.23. The van der Waals surface area contributed by atoms with Crippen LogP contribution in [-0.2, 0) is 4.74 Å². The van der Waals surface area contributed by atoms with Crippen LogP contribution < -0.4 is 0 Å². The van der Waals surface area contributed by atoms with Crippen LogP contribution in [0.5, 0.6) is 0 Å². The van der Waals surface area contributed by atoms with Gasteiger partial charge in [0, 0.05) is 0 Å². The van der Waals surface area contributed by atoms with Crippen LogP contribution >= 0.6 is 22.6 Å². The second kappa shape index (κ2) is 3.29. The van der Waals surface area contributed by atoms with Crippen LogP contribution in [0.1, 0.15) is 0 Å². The van der Waals surface area contributed by atoms with Gasteiger partial charge in [-0.25, -0.2) is 4.39 Å². The SMILES string of the molecule is O[C@H]1[C@H](O)COC(F)[C@H]1I. The van der Waals surface area contributed by atoms with Gasteiger partial charge in [0.05, 0.1) is 16.6 Å². The van der Waals surface area contributed by atoms with Gasteiger partial charge >= 0.3 is 0 Å². The summed E-state index contributed by atoms with van der Waals surface area (Å²) >= 11 is 1.71.